The predicted molar refractivity (Wildman–Crippen MR) is 252 cm³/mol. The first kappa shape index (κ1) is 36.6. The number of benzene rings is 8. The zero-order valence-electron chi connectivity index (χ0n) is 33.5. The predicted octanol–water partition coefficient (Wildman–Crippen LogP) is 14.6. The molecule has 0 radical (unpaired) electrons. The maximum atomic E-state index is 6.85. The standard InChI is InChI=1S/C56H37N5O/c1-5-16-38(17-6-1)40-28-32-44(33-29-40)61(45-34-30-41(31-35-45)39-18-7-2-8-19-39)50-37-36-46(53-52(50)47-24-13-14-27-51(47)62-53)48-25-15-26-49(57-48)56-59-54(42-20-9-3-10-21-42)58-55(60-56)43-22-11-4-12-23-43/h1-37H. The van der Waals surface area contributed by atoms with Gasteiger partial charge >= 0.3 is 0 Å². The monoisotopic (exact) mass is 795 g/mol. The van der Waals surface area contributed by atoms with Crippen molar-refractivity contribution < 1.29 is 4.42 Å². The Bertz CT molecular complexity index is 3180. The summed E-state index contributed by atoms with van der Waals surface area (Å²) in [5.74, 6) is 1.65. The van der Waals surface area contributed by atoms with Gasteiger partial charge in [0, 0.05) is 33.5 Å². The number of rotatable bonds is 9. The molecule has 0 saturated heterocycles. The smallest absolute Gasteiger partial charge is 0.182 e. The van der Waals surface area contributed by atoms with Crippen LogP contribution in [0.5, 0.6) is 0 Å². The van der Waals surface area contributed by atoms with Gasteiger partial charge in [0.1, 0.15) is 16.9 Å². The van der Waals surface area contributed by atoms with Crippen molar-refractivity contribution in [2.75, 3.05) is 4.90 Å². The molecule has 0 aliphatic rings. The summed E-state index contributed by atoms with van der Waals surface area (Å²) in [5, 5.41) is 2.00. The van der Waals surface area contributed by atoms with E-state index in [9.17, 15) is 0 Å². The zero-order valence-corrected chi connectivity index (χ0v) is 33.5. The Labute approximate surface area is 359 Å². The normalized spacial score (nSPS) is 11.2. The van der Waals surface area contributed by atoms with Gasteiger partial charge in [0.25, 0.3) is 0 Å². The number of hydrogen-bond acceptors (Lipinski definition) is 6. The highest BCUT2D eigenvalue weighted by Gasteiger charge is 2.23. The molecule has 6 nitrogen and oxygen atoms in total. The summed E-state index contributed by atoms with van der Waals surface area (Å²) in [4.78, 5) is 22.4. The Morgan fingerprint density at radius 1 is 0.323 bits per heavy atom. The van der Waals surface area contributed by atoms with E-state index in [-0.39, 0.29) is 0 Å². The molecule has 0 spiro atoms. The highest BCUT2D eigenvalue weighted by Crippen LogP contribution is 2.46. The topological polar surface area (TPSA) is 67.9 Å². The summed E-state index contributed by atoms with van der Waals surface area (Å²) >= 11 is 0. The Hall–Kier alpha value is -8.48. The van der Waals surface area contributed by atoms with Crippen LogP contribution in [0.1, 0.15) is 0 Å². The molecule has 0 unspecified atom stereocenters. The highest BCUT2D eigenvalue weighted by molar-refractivity contribution is 6.17. The number of fused-ring (bicyclic) bond motifs is 3. The molecule has 0 atom stereocenters. The first-order valence-electron chi connectivity index (χ1n) is 20.6. The minimum atomic E-state index is 0.487. The van der Waals surface area contributed by atoms with Crippen molar-refractivity contribution in [1.82, 2.24) is 19.9 Å². The van der Waals surface area contributed by atoms with Gasteiger partial charge in [-0.2, -0.15) is 0 Å². The van der Waals surface area contributed by atoms with Crippen LogP contribution >= 0.6 is 0 Å². The van der Waals surface area contributed by atoms with Gasteiger partial charge in [-0.3, -0.25) is 0 Å². The summed E-state index contributed by atoms with van der Waals surface area (Å²) < 4.78 is 6.85. The van der Waals surface area contributed by atoms with Gasteiger partial charge in [0.2, 0.25) is 0 Å². The van der Waals surface area contributed by atoms with Crippen molar-refractivity contribution in [2.24, 2.45) is 0 Å². The summed E-state index contributed by atoms with van der Waals surface area (Å²) in [6.45, 7) is 0. The summed E-state index contributed by atoms with van der Waals surface area (Å²) in [6.07, 6.45) is 0. The minimum Gasteiger partial charge on any atom is -0.455 e. The number of aromatic nitrogens is 4. The molecule has 8 aromatic carbocycles. The molecule has 11 rings (SSSR count). The van der Waals surface area contributed by atoms with E-state index in [1.807, 2.05) is 103 Å². The van der Waals surface area contributed by atoms with Crippen molar-refractivity contribution in [3.63, 3.8) is 0 Å². The van der Waals surface area contributed by atoms with E-state index in [2.05, 4.69) is 126 Å². The lowest BCUT2D eigenvalue weighted by Gasteiger charge is -2.27. The fourth-order valence-corrected chi connectivity index (χ4v) is 8.13. The largest absolute Gasteiger partial charge is 0.455 e. The van der Waals surface area contributed by atoms with Gasteiger partial charge in [-0.1, -0.05) is 170 Å². The van der Waals surface area contributed by atoms with Crippen LogP contribution in [0.4, 0.5) is 17.1 Å². The average Bonchev–Trinajstić information content (AvgIpc) is 3.76. The van der Waals surface area contributed by atoms with Crippen molar-refractivity contribution in [3.8, 4) is 67.8 Å². The fraction of sp³-hybridized carbons (Fsp3) is 0. The molecule has 0 N–H and O–H groups in total. The van der Waals surface area contributed by atoms with Crippen LogP contribution in [0.15, 0.2) is 229 Å². The first-order chi connectivity index (χ1) is 30.7. The maximum Gasteiger partial charge on any atom is 0.182 e. The fourth-order valence-electron chi connectivity index (χ4n) is 8.13. The van der Waals surface area contributed by atoms with E-state index in [4.69, 9.17) is 24.4 Å². The minimum absolute atomic E-state index is 0.487. The molecule has 292 valence electrons. The first-order valence-corrected chi connectivity index (χ1v) is 20.6. The third kappa shape index (κ3) is 6.95. The van der Waals surface area contributed by atoms with E-state index in [0.717, 1.165) is 72.5 Å². The lowest BCUT2D eigenvalue weighted by molar-refractivity contribution is 0.670. The summed E-state index contributed by atoms with van der Waals surface area (Å²) in [7, 11) is 0. The van der Waals surface area contributed by atoms with Crippen molar-refractivity contribution in [2.45, 2.75) is 0 Å². The van der Waals surface area contributed by atoms with Gasteiger partial charge < -0.3 is 9.32 Å². The second kappa shape index (κ2) is 15.9. The number of pyridine rings is 1. The number of para-hydroxylation sites is 1. The highest BCUT2D eigenvalue weighted by atomic mass is 16.3. The lowest BCUT2D eigenvalue weighted by Crippen LogP contribution is -2.10. The van der Waals surface area contributed by atoms with Gasteiger partial charge in [-0.15, -0.1) is 0 Å². The van der Waals surface area contributed by atoms with Crippen LogP contribution in [-0.2, 0) is 0 Å². The van der Waals surface area contributed by atoms with Crippen LogP contribution in [0.3, 0.4) is 0 Å². The zero-order chi connectivity index (χ0) is 41.2. The van der Waals surface area contributed by atoms with E-state index in [1.165, 1.54) is 11.1 Å². The molecule has 0 saturated carbocycles. The maximum absolute atomic E-state index is 6.85. The van der Waals surface area contributed by atoms with Crippen LogP contribution in [0.2, 0.25) is 0 Å². The van der Waals surface area contributed by atoms with E-state index in [0.29, 0.717) is 23.2 Å². The Morgan fingerprint density at radius 3 is 1.32 bits per heavy atom. The van der Waals surface area contributed by atoms with Gasteiger partial charge in [-0.25, -0.2) is 19.9 Å². The Morgan fingerprint density at radius 2 is 0.774 bits per heavy atom. The second-order valence-corrected chi connectivity index (χ2v) is 15.0. The number of furan rings is 1. The molecular weight excluding hydrogens is 759 g/mol. The third-order valence-corrected chi connectivity index (χ3v) is 11.2. The summed E-state index contributed by atoms with van der Waals surface area (Å²) in [5.41, 5.74) is 13.3. The molecule has 3 aromatic heterocycles. The molecule has 11 aromatic rings. The molecular formula is C56H37N5O. The molecule has 0 bridgehead atoms. The van der Waals surface area contributed by atoms with Crippen molar-refractivity contribution in [1.29, 1.82) is 0 Å². The van der Waals surface area contributed by atoms with Gasteiger partial charge in [-0.05, 0) is 76.9 Å². The van der Waals surface area contributed by atoms with Crippen molar-refractivity contribution >= 4 is 39.0 Å². The van der Waals surface area contributed by atoms with Crippen LogP contribution in [-0.4, -0.2) is 19.9 Å². The quantitative estimate of drug-likeness (QED) is 0.145. The molecule has 0 amide bonds. The molecule has 0 aliphatic carbocycles. The molecule has 0 fully saturated rings. The lowest BCUT2D eigenvalue weighted by atomic mass is 10.0. The molecule has 3 heterocycles. The van der Waals surface area contributed by atoms with E-state index >= 15 is 0 Å². The molecule has 0 aliphatic heterocycles. The molecule has 62 heavy (non-hydrogen) atoms. The van der Waals surface area contributed by atoms with Gasteiger partial charge in [0.05, 0.1) is 16.8 Å². The van der Waals surface area contributed by atoms with Crippen LogP contribution in [0.25, 0.3) is 89.7 Å². The Balaban J connectivity index is 1.07. The number of nitrogens with zero attached hydrogens (tertiary/aromatic N) is 5. The van der Waals surface area contributed by atoms with Gasteiger partial charge in [0.15, 0.2) is 17.5 Å². The third-order valence-electron chi connectivity index (χ3n) is 11.2. The number of anilines is 3. The Kier molecular flexibility index (Phi) is 9.41. The number of hydrogen-bond donors (Lipinski definition) is 0. The van der Waals surface area contributed by atoms with E-state index in [1.54, 1.807) is 0 Å². The van der Waals surface area contributed by atoms with Crippen molar-refractivity contribution in [3.05, 3.63) is 224 Å². The average molecular weight is 796 g/mol. The van der Waals surface area contributed by atoms with Crippen LogP contribution < -0.4 is 4.90 Å². The second-order valence-electron chi connectivity index (χ2n) is 15.0. The van der Waals surface area contributed by atoms with E-state index < -0.39 is 0 Å². The summed E-state index contributed by atoms with van der Waals surface area (Å²) in [6, 6.07) is 77.0. The SMILES string of the molecule is c1ccc(-c2ccc(N(c3ccc(-c4ccccc4)cc3)c3ccc(-c4cccc(-c5nc(-c6ccccc6)nc(-c6ccccc6)n5)n4)c4oc5ccccc5c34)cc2)cc1. The van der Waals surface area contributed by atoms with Crippen LogP contribution in [0, 0.1) is 0 Å². The molecule has 6 heteroatoms.